The lowest BCUT2D eigenvalue weighted by molar-refractivity contribution is 0.559. The molecule has 0 radical (unpaired) electrons. The Morgan fingerprint density at radius 1 is 1.12 bits per heavy atom. The predicted molar refractivity (Wildman–Crippen MR) is 108 cm³/mol. The maximum atomic E-state index is 12.8. The normalized spacial score (nSPS) is 12.5. The van der Waals surface area contributed by atoms with Gasteiger partial charge in [0.05, 0.1) is 10.5 Å². The fourth-order valence-electron chi connectivity index (χ4n) is 1.81. The van der Waals surface area contributed by atoms with Gasteiger partial charge in [0.1, 0.15) is 5.82 Å². The van der Waals surface area contributed by atoms with Crippen LogP contribution < -0.4 is 10.6 Å². The van der Waals surface area contributed by atoms with Gasteiger partial charge in [-0.1, -0.05) is 12.1 Å². The lowest BCUT2D eigenvalue weighted by Crippen LogP contribution is -2.42. The van der Waals surface area contributed by atoms with Crippen molar-refractivity contribution in [2.24, 2.45) is 4.99 Å². The minimum atomic E-state index is -3.15. The molecule has 0 saturated heterocycles. The van der Waals surface area contributed by atoms with Gasteiger partial charge in [-0.15, -0.1) is 24.0 Å². The van der Waals surface area contributed by atoms with Crippen LogP contribution in [-0.4, -0.2) is 45.0 Å². The fourth-order valence-corrected chi connectivity index (χ4v) is 2.79. The standard InChI is InChI=1S/C16H26FN3O2S.HI/c1-16(2,3)23(21,22)12-11-20-15(18-4)19-10-9-13-5-7-14(17)8-6-13;/h5-8H,9-12H2,1-4H3,(H2,18,19,20);1H. The molecule has 138 valence electrons. The van der Waals surface area contributed by atoms with Gasteiger partial charge in [0.15, 0.2) is 15.8 Å². The van der Waals surface area contributed by atoms with Gasteiger partial charge in [0.25, 0.3) is 0 Å². The van der Waals surface area contributed by atoms with E-state index in [0.717, 1.165) is 12.0 Å². The van der Waals surface area contributed by atoms with E-state index >= 15 is 0 Å². The average Bonchev–Trinajstić information content (AvgIpc) is 2.46. The summed E-state index contributed by atoms with van der Waals surface area (Å²) >= 11 is 0. The number of benzene rings is 1. The monoisotopic (exact) mass is 471 g/mol. The van der Waals surface area contributed by atoms with Crippen LogP contribution in [0.5, 0.6) is 0 Å². The van der Waals surface area contributed by atoms with Gasteiger partial charge in [-0.3, -0.25) is 4.99 Å². The van der Waals surface area contributed by atoms with Crippen LogP contribution >= 0.6 is 24.0 Å². The Labute approximate surface area is 161 Å². The third-order valence-electron chi connectivity index (χ3n) is 3.44. The molecule has 1 rings (SSSR count). The Morgan fingerprint density at radius 3 is 2.17 bits per heavy atom. The van der Waals surface area contributed by atoms with Crippen LogP contribution in [0.3, 0.4) is 0 Å². The largest absolute Gasteiger partial charge is 0.356 e. The first-order chi connectivity index (χ1) is 10.7. The highest BCUT2D eigenvalue weighted by atomic mass is 127. The molecule has 0 amide bonds. The van der Waals surface area contributed by atoms with Gasteiger partial charge in [-0.2, -0.15) is 0 Å². The SMILES string of the molecule is CN=C(NCCc1ccc(F)cc1)NCCS(=O)(=O)C(C)(C)C.I. The van der Waals surface area contributed by atoms with Gasteiger partial charge in [0, 0.05) is 20.1 Å². The number of rotatable bonds is 6. The molecule has 0 bridgehead atoms. The lowest BCUT2D eigenvalue weighted by atomic mass is 10.1. The first-order valence-corrected chi connectivity index (χ1v) is 9.22. The van der Waals surface area contributed by atoms with Crippen molar-refractivity contribution in [1.29, 1.82) is 0 Å². The van der Waals surface area contributed by atoms with Crippen molar-refractivity contribution >= 4 is 39.8 Å². The zero-order valence-corrected chi connectivity index (χ0v) is 17.7. The Bertz CT molecular complexity index is 626. The van der Waals surface area contributed by atoms with Gasteiger partial charge in [-0.25, -0.2) is 12.8 Å². The molecule has 1 aromatic carbocycles. The van der Waals surface area contributed by atoms with Crippen molar-refractivity contribution in [3.63, 3.8) is 0 Å². The number of hydrogen-bond acceptors (Lipinski definition) is 3. The van der Waals surface area contributed by atoms with Crippen LogP contribution in [0.25, 0.3) is 0 Å². The number of nitrogens with zero attached hydrogens (tertiary/aromatic N) is 1. The number of halogens is 2. The second kappa shape index (κ2) is 10.2. The molecular weight excluding hydrogens is 444 g/mol. The van der Waals surface area contributed by atoms with Crippen molar-refractivity contribution < 1.29 is 12.8 Å². The molecule has 0 unspecified atom stereocenters. The van der Waals surface area contributed by atoms with Crippen LogP contribution in [0.4, 0.5) is 4.39 Å². The van der Waals surface area contributed by atoms with Crippen LogP contribution in [0.15, 0.2) is 29.3 Å². The van der Waals surface area contributed by atoms with Crippen LogP contribution in [0.2, 0.25) is 0 Å². The van der Waals surface area contributed by atoms with E-state index in [2.05, 4.69) is 15.6 Å². The van der Waals surface area contributed by atoms with Crippen molar-refractivity contribution in [2.75, 3.05) is 25.9 Å². The molecule has 0 aliphatic rings. The summed E-state index contributed by atoms with van der Waals surface area (Å²) in [5.74, 6) is 0.352. The molecule has 0 aliphatic carbocycles. The van der Waals surface area contributed by atoms with Crippen molar-refractivity contribution in [3.05, 3.63) is 35.6 Å². The van der Waals surface area contributed by atoms with E-state index in [4.69, 9.17) is 0 Å². The van der Waals surface area contributed by atoms with E-state index in [0.29, 0.717) is 19.0 Å². The molecular formula is C16H27FIN3O2S. The van der Waals surface area contributed by atoms with Gasteiger partial charge in [0.2, 0.25) is 0 Å². The molecule has 0 spiro atoms. The van der Waals surface area contributed by atoms with Crippen molar-refractivity contribution in [2.45, 2.75) is 31.9 Å². The molecule has 0 saturated carbocycles. The first-order valence-electron chi connectivity index (χ1n) is 7.57. The molecule has 2 N–H and O–H groups in total. The smallest absolute Gasteiger partial charge is 0.191 e. The Morgan fingerprint density at radius 2 is 1.67 bits per heavy atom. The molecule has 24 heavy (non-hydrogen) atoms. The number of guanidine groups is 1. The highest BCUT2D eigenvalue weighted by Crippen LogP contribution is 2.15. The number of hydrogen-bond donors (Lipinski definition) is 2. The van der Waals surface area contributed by atoms with E-state index < -0.39 is 14.6 Å². The second-order valence-corrected chi connectivity index (χ2v) is 9.10. The molecule has 0 fully saturated rings. The third kappa shape index (κ3) is 7.78. The Balaban J connectivity index is 0.00000529. The van der Waals surface area contributed by atoms with E-state index in [-0.39, 0.29) is 35.5 Å². The lowest BCUT2D eigenvalue weighted by Gasteiger charge is -2.19. The molecule has 0 heterocycles. The summed E-state index contributed by atoms with van der Waals surface area (Å²) in [5.41, 5.74) is 1.02. The topological polar surface area (TPSA) is 70.6 Å². The zero-order valence-electron chi connectivity index (χ0n) is 14.6. The highest BCUT2D eigenvalue weighted by Gasteiger charge is 2.28. The Kier molecular flexibility index (Phi) is 9.79. The van der Waals surface area contributed by atoms with E-state index in [1.54, 1.807) is 40.0 Å². The van der Waals surface area contributed by atoms with E-state index in [1.165, 1.54) is 12.1 Å². The average molecular weight is 471 g/mol. The minimum absolute atomic E-state index is 0. The molecule has 5 nitrogen and oxygen atoms in total. The van der Waals surface area contributed by atoms with Gasteiger partial charge < -0.3 is 10.6 Å². The summed E-state index contributed by atoms with van der Waals surface area (Å²) < 4.78 is 36.1. The molecule has 8 heteroatoms. The zero-order chi connectivity index (χ0) is 17.5. The highest BCUT2D eigenvalue weighted by molar-refractivity contribution is 14.0. The molecule has 1 aromatic rings. The number of nitrogens with one attached hydrogen (secondary N) is 2. The van der Waals surface area contributed by atoms with Gasteiger partial charge in [-0.05, 0) is 44.9 Å². The summed E-state index contributed by atoms with van der Waals surface area (Å²) in [7, 11) is -1.52. The maximum absolute atomic E-state index is 12.8. The summed E-state index contributed by atoms with van der Waals surface area (Å²) in [6.07, 6.45) is 0.723. The number of sulfone groups is 1. The summed E-state index contributed by atoms with van der Waals surface area (Å²) in [5, 5.41) is 6.10. The predicted octanol–water partition coefficient (Wildman–Crippen LogP) is 2.36. The molecule has 0 aromatic heterocycles. The van der Waals surface area contributed by atoms with Crippen LogP contribution in [-0.2, 0) is 16.3 Å². The minimum Gasteiger partial charge on any atom is -0.356 e. The summed E-state index contributed by atoms with van der Waals surface area (Å²) in [6, 6.07) is 6.34. The quantitative estimate of drug-likeness (QED) is 0.380. The van der Waals surface area contributed by atoms with Crippen LogP contribution in [0, 0.1) is 5.82 Å². The first kappa shape index (κ1) is 23.1. The molecule has 0 aliphatic heterocycles. The van der Waals surface area contributed by atoms with Crippen molar-refractivity contribution in [1.82, 2.24) is 10.6 Å². The fraction of sp³-hybridized carbons (Fsp3) is 0.562. The number of aliphatic imine (C=N–C) groups is 1. The molecule has 0 atom stereocenters. The Hall–Kier alpha value is -0.900. The second-order valence-electron chi connectivity index (χ2n) is 6.23. The van der Waals surface area contributed by atoms with Crippen molar-refractivity contribution in [3.8, 4) is 0 Å². The summed E-state index contributed by atoms with van der Waals surface area (Å²) in [6.45, 7) is 6.00. The van der Waals surface area contributed by atoms with Gasteiger partial charge >= 0.3 is 0 Å². The third-order valence-corrected chi connectivity index (χ3v) is 6.05. The summed E-state index contributed by atoms with van der Waals surface area (Å²) in [4.78, 5) is 4.05. The van der Waals surface area contributed by atoms with Crippen LogP contribution in [0.1, 0.15) is 26.3 Å². The van der Waals surface area contributed by atoms with E-state index in [1.807, 2.05) is 0 Å². The van der Waals surface area contributed by atoms with E-state index in [9.17, 15) is 12.8 Å². The maximum Gasteiger partial charge on any atom is 0.191 e.